The molecule has 2 aromatic rings. The van der Waals surface area contributed by atoms with Crippen LogP contribution in [0, 0.1) is 0 Å². The third kappa shape index (κ3) is 3.84. The summed E-state index contributed by atoms with van der Waals surface area (Å²) in [5.41, 5.74) is 0. The minimum absolute atomic E-state index is 0.388. The van der Waals surface area contributed by atoms with E-state index in [1.807, 2.05) is 36.4 Å². The molecule has 0 saturated heterocycles. The first-order valence-electron chi connectivity index (χ1n) is 7.53. The Morgan fingerprint density at radius 3 is 1.82 bits per heavy atom. The second-order valence-corrected chi connectivity index (χ2v) is 10.7. The van der Waals surface area contributed by atoms with E-state index in [2.05, 4.69) is 53.3 Å². The van der Waals surface area contributed by atoms with Gasteiger partial charge >= 0.3 is 0 Å². The molecule has 114 valence electrons. The Morgan fingerprint density at radius 2 is 1.41 bits per heavy atom. The average Bonchev–Trinajstić information content (AvgIpc) is 2.55. The number of allylic oxidation sites excluding steroid dienone is 1. The van der Waals surface area contributed by atoms with Crippen LogP contribution in [0.2, 0.25) is 6.55 Å². The van der Waals surface area contributed by atoms with E-state index in [4.69, 9.17) is 0 Å². The van der Waals surface area contributed by atoms with Gasteiger partial charge in [0.25, 0.3) is 0 Å². The first kappa shape index (κ1) is 16.9. The van der Waals surface area contributed by atoms with Crippen LogP contribution in [0.15, 0.2) is 71.7 Å². The second-order valence-electron chi connectivity index (χ2n) is 5.65. The second kappa shape index (κ2) is 7.70. The van der Waals surface area contributed by atoms with Gasteiger partial charge in [0.1, 0.15) is 5.41 Å². The Morgan fingerprint density at radius 1 is 0.955 bits per heavy atom. The number of hydrogen-bond acceptors (Lipinski definition) is 1. The SMILES string of the molecule is C=C(Br)CCCC(=O)[Si](C)(c1ccccc1)c1ccccc1. The van der Waals surface area contributed by atoms with Crippen molar-refractivity contribution in [1.29, 1.82) is 0 Å². The number of carbonyl (C=O) groups excluding carboxylic acids is 1. The quantitative estimate of drug-likeness (QED) is 0.669. The molecule has 0 fully saturated rings. The fourth-order valence-electron chi connectivity index (χ4n) is 2.72. The third-order valence-electron chi connectivity index (χ3n) is 4.11. The highest BCUT2D eigenvalue weighted by Gasteiger charge is 2.39. The van der Waals surface area contributed by atoms with Crippen molar-refractivity contribution < 1.29 is 4.79 Å². The molecule has 0 aliphatic rings. The van der Waals surface area contributed by atoms with Gasteiger partial charge in [0.05, 0.1) is 0 Å². The van der Waals surface area contributed by atoms with Gasteiger partial charge in [-0.3, -0.25) is 0 Å². The van der Waals surface area contributed by atoms with E-state index in [9.17, 15) is 4.79 Å². The van der Waals surface area contributed by atoms with E-state index in [0.29, 0.717) is 11.8 Å². The summed E-state index contributed by atoms with van der Waals surface area (Å²) in [5, 5.41) is 2.76. The largest absolute Gasteiger partial charge is 0.305 e. The monoisotopic (exact) mass is 372 g/mol. The molecule has 0 N–H and O–H groups in total. The molecule has 0 bridgehead atoms. The molecular weight excluding hydrogens is 352 g/mol. The maximum atomic E-state index is 13.1. The smallest absolute Gasteiger partial charge is 0.190 e. The molecule has 0 amide bonds. The van der Waals surface area contributed by atoms with Crippen LogP contribution in [0.5, 0.6) is 0 Å². The number of hydrogen-bond donors (Lipinski definition) is 0. The fraction of sp³-hybridized carbons (Fsp3) is 0.211. The fourth-order valence-corrected chi connectivity index (χ4v) is 6.38. The van der Waals surface area contributed by atoms with Gasteiger partial charge in [-0.15, -0.1) is 0 Å². The molecule has 0 spiro atoms. The van der Waals surface area contributed by atoms with Gasteiger partial charge in [-0.25, -0.2) is 0 Å². The minimum Gasteiger partial charge on any atom is -0.305 e. The third-order valence-corrected chi connectivity index (χ3v) is 8.85. The number of halogens is 1. The zero-order valence-electron chi connectivity index (χ0n) is 12.9. The summed E-state index contributed by atoms with van der Waals surface area (Å²) in [4.78, 5) is 13.1. The molecule has 0 radical (unpaired) electrons. The number of benzene rings is 2. The van der Waals surface area contributed by atoms with Crippen molar-refractivity contribution in [2.24, 2.45) is 0 Å². The minimum atomic E-state index is -2.36. The van der Waals surface area contributed by atoms with E-state index in [1.165, 1.54) is 10.4 Å². The van der Waals surface area contributed by atoms with Crippen molar-refractivity contribution in [3.05, 3.63) is 71.7 Å². The van der Waals surface area contributed by atoms with Gasteiger partial charge in [0, 0.05) is 6.42 Å². The maximum absolute atomic E-state index is 13.1. The van der Waals surface area contributed by atoms with Crippen molar-refractivity contribution in [2.45, 2.75) is 25.8 Å². The maximum Gasteiger partial charge on any atom is 0.190 e. The van der Waals surface area contributed by atoms with Crippen LogP contribution in [-0.4, -0.2) is 13.5 Å². The number of carbonyl (C=O) groups is 1. The van der Waals surface area contributed by atoms with Crippen LogP contribution in [0.1, 0.15) is 19.3 Å². The van der Waals surface area contributed by atoms with Crippen molar-refractivity contribution >= 4 is 39.8 Å². The van der Waals surface area contributed by atoms with E-state index in [0.717, 1.165) is 17.3 Å². The van der Waals surface area contributed by atoms with E-state index >= 15 is 0 Å². The summed E-state index contributed by atoms with van der Waals surface area (Å²) in [7, 11) is -2.36. The van der Waals surface area contributed by atoms with Gasteiger partial charge < -0.3 is 4.79 Å². The first-order chi connectivity index (χ1) is 10.5. The van der Waals surface area contributed by atoms with Crippen LogP contribution in [-0.2, 0) is 4.79 Å². The van der Waals surface area contributed by atoms with Crippen LogP contribution in [0.3, 0.4) is 0 Å². The van der Waals surface area contributed by atoms with Gasteiger partial charge in [-0.2, -0.15) is 0 Å². The first-order valence-corrected chi connectivity index (χ1v) is 10.8. The summed E-state index contributed by atoms with van der Waals surface area (Å²) >= 11 is 3.37. The molecule has 1 nitrogen and oxygen atoms in total. The topological polar surface area (TPSA) is 17.1 Å². The molecule has 3 heteroatoms. The molecule has 0 unspecified atom stereocenters. The predicted octanol–water partition coefficient (Wildman–Crippen LogP) is 4.07. The summed E-state index contributed by atoms with van der Waals surface area (Å²) in [6.45, 7) is 6.02. The molecule has 0 heterocycles. The molecule has 0 saturated carbocycles. The van der Waals surface area contributed by atoms with Gasteiger partial charge in [0.2, 0.25) is 0 Å². The van der Waals surface area contributed by atoms with Gasteiger partial charge in [0.15, 0.2) is 8.07 Å². The lowest BCUT2D eigenvalue weighted by molar-refractivity contribution is -0.112. The summed E-state index contributed by atoms with van der Waals surface area (Å²) < 4.78 is 0.961. The molecule has 2 rings (SSSR count). The van der Waals surface area contributed by atoms with Gasteiger partial charge in [-0.05, 0) is 27.7 Å². The molecule has 2 aromatic carbocycles. The van der Waals surface area contributed by atoms with Gasteiger partial charge in [-0.1, -0.05) is 89.7 Å². The zero-order valence-corrected chi connectivity index (χ0v) is 15.5. The lowest BCUT2D eigenvalue weighted by Crippen LogP contribution is -2.62. The normalized spacial score (nSPS) is 11.2. The van der Waals surface area contributed by atoms with Crippen molar-refractivity contribution in [2.75, 3.05) is 0 Å². The molecule has 0 aliphatic carbocycles. The van der Waals surface area contributed by atoms with E-state index in [-0.39, 0.29) is 0 Å². The number of rotatable bonds is 7. The van der Waals surface area contributed by atoms with Crippen LogP contribution < -0.4 is 10.4 Å². The summed E-state index contributed by atoms with van der Waals surface area (Å²) in [6, 6.07) is 20.5. The molecule has 0 aliphatic heterocycles. The predicted molar refractivity (Wildman–Crippen MR) is 101 cm³/mol. The highest BCUT2D eigenvalue weighted by molar-refractivity contribution is 9.11. The molecule has 0 aromatic heterocycles. The van der Waals surface area contributed by atoms with Crippen molar-refractivity contribution in [3.63, 3.8) is 0 Å². The lowest BCUT2D eigenvalue weighted by Gasteiger charge is -2.27. The Hall–Kier alpha value is -1.45. The van der Waals surface area contributed by atoms with Crippen molar-refractivity contribution in [1.82, 2.24) is 0 Å². The Labute approximate surface area is 142 Å². The molecule has 22 heavy (non-hydrogen) atoms. The molecular formula is C19H21BrOSi. The highest BCUT2D eigenvalue weighted by atomic mass is 79.9. The van der Waals surface area contributed by atoms with E-state index < -0.39 is 8.07 Å². The van der Waals surface area contributed by atoms with Crippen LogP contribution in [0.25, 0.3) is 0 Å². The summed E-state index contributed by atoms with van der Waals surface area (Å²) in [5.74, 6) is 0. The summed E-state index contributed by atoms with van der Waals surface area (Å²) in [6.07, 6.45) is 2.31. The Kier molecular flexibility index (Phi) is 5.92. The highest BCUT2D eigenvalue weighted by Crippen LogP contribution is 2.15. The Balaban J connectivity index is 2.34. The van der Waals surface area contributed by atoms with E-state index in [1.54, 1.807) is 0 Å². The standard InChI is InChI=1S/C19H21BrOSi/c1-16(20)10-9-15-19(21)22(2,17-11-5-3-6-12-17)18-13-7-4-8-14-18/h3-8,11-14H,1,9-10,15H2,2H3. The van der Waals surface area contributed by atoms with Crippen LogP contribution >= 0.6 is 15.9 Å². The Bertz CT molecular complexity index is 597. The molecule has 0 atom stereocenters. The van der Waals surface area contributed by atoms with Crippen molar-refractivity contribution in [3.8, 4) is 0 Å². The zero-order chi connectivity index (χ0) is 16.0. The lowest BCUT2D eigenvalue weighted by atomic mass is 10.2. The van der Waals surface area contributed by atoms with Crippen LogP contribution in [0.4, 0.5) is 0 Å². The average molecular weight is 373 g/mol.